The maximum Gasteiger partial charge on any atom is 0 e. The molecule has 2 heteroatoms. The SMILES string of the molecule is CC[CH-]F.[Fe]. The van der Waals surface area contributed by atoms with Gasteiger partial charge in [0.2, 0.25) is 0 Å². The predicted molar refractivity (Wildman–Crippen MR) is 15.7 cm³/mol. The van der Waals surface area contributed by atoms with Crippen molar-refractivity contribution in [2.24, 2.45) is 0 Å². The van der Waals surface area contributed by atoms with Gasteiger partial charge < -0.3 is 4.39 Å². The van der Waals surface area contributed by atoms with Crippen molar-refractivity contribution < 1.29 is 21.5 Å². The van der Waals surface area contributed by atoms with Gasteiger partial charge in [-0.1, -0.05) is 6.92 Å². The Labute approximate surface area is 42.2 Å². The Morgan fingerprint density at radius 2 is 2.00 bits per heavy atom. The van der Waals surface area contributed by atoms with E-state index in [4.69, 9.17) is 0 Å². The molecule has 0 bridgehead atoms. The van der Waals surface area contributed by atoms with Crippen LogP contribution in [0.4, 0.5) is 4.39 Å². The van der Waals surface area contributed by atoms with Crippen LogP contribution in [0.2, 0.25) is 0 Å². The number of hydrogen-bond acceptors (Lipinski definition) is 0. The van der Waals surface area contributed by atoms with Gasteiger partial charge in [0.15, 0.2) is 0 Å². The summed E-state index contributed by atoms with van der Waals surface area (Å²) in [6.07, 6.45) is 0.528. The van der Waals surface area contributed by atoms with Gasteiger partial charge in [-0.15, -0.1) is 0 Å². The Balaban J connectivity index is 0. The summed E-state index contributed by atoms with van der Waals surface area (Å²) in [7, 11) is 0. The van der Waals surface area contributed by atoms with Crippen molar-refractivity contribution >= 4 is 0 Å². The van der Waals surface area contributed by atoms with Gasteiger partial charge >= 0.3 is 0 Å². The zero-order chi connectivity index (χ0) is 3.41. The van der Waals surface area contributed by atoms with E-state index < -0.39 is 0 Å². The summed E-state index contributed by atoms with van der Waals surface area (Å²) in [5.41, 5.74) is 0. The first-order chi connectivity index (χ1) is 1.91. The summed E-state index contributed by atoms with van der Waals surface area (Å²) in [4.78, 5) is 0. The van der Waals surface area contributed by atoms with Gasteiger partial charge in [-0.2, -0.15) is 13.1 Å². The smallest absolute Gasteiger partial charge is 0 e. The van der Waals surface area contributed by atoms with Crippen molar-refractivity contribution in [1.82, 2.24) is 0 Å². The monoisotopic (exact) mass is 117 g/mol. The van der Waals surface area contributed by atoms with E-state index in [2.05, 4.69) is 0 Å². The normalized spacial score (nSPS) is 6.00. The van der Waals surface area contributed by atoms with Gasteiger partial charge in [0.05, 0.1) is 0 Å². The van der Waals surface area contributed by atoms with Gasteiger partial charge in [-0.25, -0.2) is 0 Å². The molecule has 0 aliphatic carbocycles. The first-order valence-corrected chi connectivity index (χ1v) is 1.33. The van der Waals surface area contributed by atoms with Crippen molar-refractivity contribution in [2.75, 3.05) is 0 Å². The maximum absolute atomic E-state index is 10.6. The molecule has 34 valence electrons. The fourth-order valence-electron chi connectivity index (χ4n) is 0. The molecule has 0 fully saturated rings. The quantitative estimate of drug-likeness (QED) is 0.360. The minimum Gasteiger partial charge on any atom is -0.459 e. The Morgan fingerprint density at radius 3 is 2.00 bits per heavy atom. The third-order valence-electron chi connectivity index (χ3n) is 0.154. The van der Waals surface area contributed by atoms with Crippen LogP contribution in [0.5, 0.6) is 0 Å². The second-order valence-electron chi connectivity index (χ2n) is 0.563. The minimum atomic E-state index is 0. The van der Waals surface area contributed by atoms with Crippen LogP contribution in [0.15, 0.2) is 0 Å². The minimum absolute atomic E-state index is 0. The second-order valence-corrected chi connectivity index (χ2v) is 0.563. The molecular weight excluding hydrogens is 111 g/mol. The summed E-state index contributed by atoms with van der Waals surface area (Å²) >= 11 is 0. The van der Waals surface area contributed by atoms with Crippen molar-refractivity contribution in [3.63, 3.8) is 0 Å². The fraction of sp³-hybridized carbons (Fsp3) is 0.667. The van der Waals surface area contributed by atoms with E-state index in [-0.39, 0.29) is 17.1 Å². The molecule has 0 aromatic heterocycles. The Morgan fingerprint density at radius 1 is 1.80 bits per heavy atom. The standard InChI is InChI=1S/C3H6F.Fe/c1-2-3-4;/h3H,2H2,1H3;/q-1;. The summed E-state index contributed by atoms with van der Waals surface area (Å²) in [5.74, 6) is 0. The van der Waals surface area contributed by atoms with E-state index in [1.165, 1.54) is 0 Å². The molecule has 0 spiro atoms. The van der Waals surface area contributed by atoms with Crippen molar-refractivity contribution in [2.45, 2.75) is 13.3 Å². The Bertz CT molecular complexity index is 8.85. The Hall–Kier alpha value is 0.449. The van der Waals surface area contributed by atoms with Crippen LogP contribution in [0, 0.1) is 6.67 Å². The maximum atomic E-state index is 10.6. The van der Waals surface area contributed by atoms with E-state index >= 15 is 0 Å². The van der Waals surface area contributed by atoms with Crippen LogP contribution in [0.25, 0.3) is 0 Å². The first-order valence-electron chi connectivity index (χ1n) is 1.33. The van der Waals surface area contributed by atoms with Crippen LogP contribution in [-0.4, -0.2) is 0 Å². The second kappa shape index (κ2) is 8.82. The predicted octanol–water partition coefficient (Wildman–Crippen LogP) is 1.53. The van der Waals surface area contributed by atoms with Crippen molar-refractivity contribution in [1.29, 1.82) is 0 Å². The molecule has 0 amide bonds. The molecule has 0 saturated heterocycles. The molecule has 0 aliphatic rings. The number of hydrogen-bond donors (Lipinski definition) is 0. The molecule has 0 unspecified atom stereocenters. The van der Waals surface area contributed by atoms with E-state index in [0.29, 0.717) is 13.1 Å². The molecule has 0 saturated carbocycles. The third kappa shape index (κ3) is 12.7. The van der Waals surface area contributed by atoms with Crippen molar-refractivity contribution in [3.8, 4) is 0 Å². The number of halogens is 1. The molecule has 0 atom stereocenters. The molecule has 0 aromatic rings. The van der Waals surface area contributed by atoms with Crippen LogP contribution >= 0.6 is 0 Å². The molecule has 0 radical (unpaired) electrons. The molecule has 0 aromatic carbocycles. The largest absolute Gasteiger partial charge is 0.459 e. The van der Waals surface area contributed by atoms with Gasteiger partial charge in [-0.3, -0.25) is 0 Å². The molecular formula is C3H6FFe-. The van der Waals surface area contributed by atoms with Gasteiger partial charge in [-0.05, 0) is 0 Å². The van der Waals surface area contributed by atoms with Crippen LogP contribution in [-0.2, 0) is 17.1 Å². The van der Waals surface area contributed by atoms with Gasteiger partial charge in [0.1, 0.15) is 0 Å². The molecule has 0 nitrogen and oxygen atoms in total. The molecule has 0 N–H and O–H groups in total. The van der Waals surface area contributed by atoms with E-state index in [1.807, 2.05) is 0 Å². The molecule has 0 heterocycles. The third-order valence-corrected chi connectivity index (χ3v) is 0.154. The van der Waals surface area contributed by atoms with E-state index in [1.54, 1.807) is 6.92 Å². The summed E-state index contributed by atoms with van der Waals surface area (Å²) < 4.78 is 10.6. The van der Waals surface area contributed by atoms with Crippen molar-refractivity contribution in [3.05, 3.63) is 6.67 Å². The summed E-state index contributed by atoms with van der Waals surface area (Å²) in [5, 5.41) is 0. The zero-order valence-corrected chi connectivity index (χ0v) is 4.12. The van der Waals surface area contributed by atoms with Gasteiger partial charge in [0.25, 0.3) is 0 Å². The van der Waals surface area contributed by atoms with Gasteiger partial charge in [0, 0.05) is 17.1 Å². The van der Waals surface area contributed by atoms with Crippen LogP contribution < -0.4 is 0 Å². The average Bonchev–Trinajstić information content (AvgIpc) is 1.37. The van der Waals surface area contributed by atoms with Crippen LogP contribution in [0.1, 0.15) is 13.3 Å². The first kappa shape index (κ1) is 9.07. The molecule has 5 heavy (non-hydrogen) atoms. The Kier molecular flexibility index (Phi) is 16.0. The zero-order valence-electron chi connectivity index (χ0n) is 3.02. The average molecular weight is 117 g/mol. The summed E-state index contributed by atoms with van der Waals surface area (Å²) in [6, 6.07) is 0. The van der Waals surface area contributed by atoms with E-state index in [0.717, 1.165) is 0 Å². The van der Waals surface area contributed by atoms with Crippen LogP contribution in [0.3, 0.4) is 0 Å². The molecule has 0 aliphatic heterocycles. The summed E-state index contributed by atoms with van der Waals surface area (Å²) in [6.45, 7) is 2.38. The molecule has 0 rings (SSSR count). The topological polar surface area (TPSA) is 0 Å². The van der Waals surface area contributed by atoms with E-state index in [9.17, 15) is 4.39 Å². The fourth-order valence-corrected chi connectivity index (χ4v) is 0. The number of rotatable bonds is 1.